The normalized spacial score (nSPS) is 11.1. The van der Waals surface area contributed by atoms with Crippen LogP contribution in [0.25, 0.3) is 0 Å². The molecule has 0 fully saturated rings. The Morgan fingerprint density at radius 1 is 0.837 bits per heavy atom. The van der Waals surface area contributed by atoms with Gasteiger partial charge in [-0.1, -0.05) is 54.1 Å². The van der Waals surface area contributed by atoms with Gasteiger partial charge in [0.1, 0.15) is 11.6 Å². The van der Waals surface area contributed by atoms with Gasteiger partial charge in [0.25, 0.3) is 10.0 Å². The van der Waals surface area contributed by atoms with Crippen molar-refractivity contribution < 1.29 is 31.5 Å². The first-order valence-electron chi connectivity index (χ1n) is 13.5. The Morgan fingerprint density at radius 2 is 1.53 bits per heavy atom. The first-order chi connectivity index (χ1) is 20.6. The summed E-state index contributed by atoms with van der Waals surface area (Å²) in [7, 11) is -1.44. The monoisotopic (exact) mass is 609 g/mol. The van der Waals surface area contributed by atoms with E-state index in [0.29, 0.717) is 11.3 Å². The number of methoxy groups -OCH3 is 2. The number of ether oxygens (including phenoxy) is 2. The predicted molar refractivity (Wildman–Crippen MR) is 161 cm³/mol. The summed E-state index contributed by atoms with van der Waals surface area (Å²) >= 11 is 0. The van der Waals surface area contributed by atoms with Crippen LogP contribution in [0.2, 0.25) is 0 Å². The second-order valence-electron chi connectivity index (χ2n) is 9.70. The van der Waals surface area contributed by atoms with Crippen LogP contribution in [-0.2, 0) is 23.0 Å². The molecule has 0 aliphatic carbocycles. The zero-order valence-electron chi connectivity index (χ0n) is 24.1. The van der Waals surface area contributed by atoms with Crippen LogP contribution in [-0.4, -0.2) is 41.8 Å². The highest BCUT2D eigenvalue weighted by Crippen LogP contribution is 2.34. The minimum atomic E-state index is -4.27. The number of nitrogens with one attached hydrogen (secondary N) is 2. The molecule has 0 atom stereocenters. The Bertz CT molecular complexity index is 1660. The molecule has 43 heavy (non-hydrogen) atoms. The fourth-order valence-corrected chi connectivity index (χ4v) is 6.10. The molecule has 11 heteroatoms. The van der Waals surface area contributed by atoms with Crippen LogP contribution in [0.1, 0.15) is 22.3 Å². The van der Waals surface area contributed by atoms with Crippen LogP contribution >= 0.6 is 0 Å². The van der Waals surface area contributed by atoms with E-state index in [9.17, 15) is 22.0 Å². The maximum Gasteiger partial charge on any atom is 0.315 e. The average Bonchev–Trinajstić information content (AvgIpc) is 3.00. The van der Waals surface area contributed by atoms with Crippen LogP contribution < -0.4 is 24.4 Å². The van der Waals surface area contributed by atoms with Crippen molar-refractivity contribution in [1.82, 2.24) is 10.6 Å². The number of halogens is 2. The number of carbonyl (C=O) groups excluding carboxylic acids is 1. The predicted octanol–water partition coefficient (Wildman–Crippen LogP) is 5.58. The van der Waals surface area contributed by atoms with Crippen molar-refractivity contribution in [2.45, 2.75) is 24.8 Å². The Morgan fingerprint density at radius 3 is 2.21 bits per heavy atom. The van der Waals surface area contributed by atoms with E-state index in [1.165, 1.54) is 38.5 Å². The van der Waals surface area contributed by atoms with E-state index in [0.717, 1.165) is 27.6 Å². The number of hydrogen-bond acceptors (Lipinski definition) is 5. The number of sulfonamides is 1. The molecular formula is C32H33F2N3O5S. The third kappa shape index (κ3) is 7.61. The van der Waals surface area contributed by atoms with Gasteiger partial charge in [-0.2, -0.15) is 0 Å². The van der Waals surface area contributed by atoms with Gasteiger partial charge in [-0.05, 0) is 48.4 Å². The molecule has 0 radical (unpaired) electrons. The highest BCUT2D eigenvalue weighted by molar-refractivity contribution is 7.92. The lowest BCUT2D eigenvalue weighted by Gasteiger charge is -2.28. The van der Waals surface area contributed by atoms with Gasteiger partial charge in [-0.3, -0.25) is 4.31 Å². The molecule has 0 unspecified atom stereocenters. The Hall–Kier alpha value is -4.64. The number of amides is 2. The molecule has 0 aromatic heterocycles. The van der Waals surface area contributed by atoms with Crippen molar-refractivity contribution in [3.05, 3.63) is 119 Å². The zero-order chi connectivity index (χ0) is 31.0. The number of aryl methyl sites for hydroxylation is 1. The van der Waals surface area contributed by atoms with Crippen molar-refractivity contribution in [2.75, 3.05) is 31.6 Å². The molecule has 226 valence electrons. The van der Waals surface area contributed by atoms with Crippen LogP contribution in [0.5, 0.6) is 11.5 Å². The van der Waals surface area contributed by atoms with Gasteiger partial charge < -0.3 is 20.1 Å². The summed E-state index contributed by atoms with van der Waals surface area (Å²) < 4.78 is 69.3. The van der Waals surface area contributed by atoms with E-state index < -0.39 is 27.7 Å². The summed E-state index contributed by atoms with van der Waals surface area (Å²) in [5, 5.41) is 5.44. The number of carbonyl (C=O) groups is 1. The van der Waals surface area contributed by atoms with E-state index in [1.54, 1.807) is 25.1 Å². The Kier molecular flexibility index (Phi) is 10.2. The van der Waals surface area contributed by atoms with Crippen LogP contribution in [0.15, 0.2) is 89.8 Å². The van der Waals surface area contributed by atoms with Crippen LogP contribution in [0.4, 0.5) is 19.3 Å². The van der Waals surface area contributed by atoms with E-state index in [1.807, 2.05) is 30.3 Å². The van der Waals surface area contributed by atoms with Gasteiger partial charge in [0.15, 0.2) is 11.5 Å². The Balaban J connectivity index is 1.68. The second-order valence-corrected chi connectivity index (χ2v) is 11.6. The molecular weight excluding hydrogens is 576 g/mol. The molecule has 2 N–H and O–H groups in total. The van der Waals surface area contributed by atoms with Gasteiger partial charge in [-0.15, -0.1) is 0 Å². The number of urea groups is 1. The third-order valence-electron chi connectivity index (χ3n) is 6.77. The maximum atomic E-state index is 14.7. The third-order valence-corrected chi connectivity index (χ3v) is 8.58. The van der Waals surface area contributed by atoms with Gasteiger partial charge in [0, 0.05) is 31.1 Å². The summed E-state index contributed by atoms with van der Waals surface area (Å²) in [6, 6.07) is 21.6. The van der Waals surface area contributed by atoms with Gasteiger partial charge in [0.2, 0.25) is 0 Å². The highest BCUT2D eigenvalue weighted by Gasteiger charge is 2.28. The van der Waals surface area contributed by atoms with E-state index >= 15 is 0 Å². The van der Waals surface area contributed by atoms with Crippen molar-refractivity contribution in [3.63, 3.8) is 0 Å². The minimum Gasteiger partial charge on any atom is -0.493 e. The smallest absolute Gasteiger partial charge is 0.315 e. The first kappa shape index (κ1) is 31.3. The number of hydrogen-bond donors (Lipinski definition) is 2. The quantitative estimate of drug-likeness (QED) is 0.219. The number of benzene rings is 4. The lowest BCUT2D eigenvalue weighted by molar-refractivity contribution is 0.241. The minimum absolute atomic E-state index is 0.0610. The molecule has 2 amide bonds. The lowest BCUT2D eigenvalue weighted by atomic mass is 10.00. The molecule has 0 aliphatic heterocycles. The van der Waals surface area contributed by atoms with Gasteiger partial charge in [-0.25, -0.2) is 22.0 Å². The lowest BCUT2D eigenvalue weighted by Crippen LogP contribution is -2.42. The first-order valence-corrected chi connectivity index (χ1v) is 14.9. The molecule has 8 nitrogen and oxygen atoms in total. The number of nitrogens with zero attached hydrogens (tertiary/aromatic N) is 1. The molecule has 4 aromatic carbocycles. The number of rotatable bonds is 12. The zero-order valence-corrected chi connectivity index (χ0v) is 24.9. The molecule has 0 saturated heterocycles. The summed E-state index contributed by atoms with van der Waals surface area (Å²) in [6.45, 7) is 1.85. The van der Waals surface area contributed by atoms with Crippen molar-refractivity contribution in [3.8, 4) is 11.5 Å². The van der Waals surface area contributed by atoms with Gasteiger partial charge >= 0.3 is 6.03 Å². The SMILES string of the molecule is COc1ccc(S(=O)(=O)N(CCNC(=O)NCc2ccccc2)c2ccc(C)cc2Cc2c(F)cccc2F)cc1OC. The molecule has 4 aromatic rings. The van der Waals surface area contributed by atoms with Crippen molar-refractivity contribution >= 4 is 21.7 Å². The molecule has 0 bridgehead atoms. The summed E-state index contributed by atoms with van der Waals surface area (Å²) in [4.78, 5) is 12.4. The highest BCUT2D eigenvalue weighted by atomic mass is 32.2. The Labute approximate surface area is 250 Å². The van der Waals surface area contributed by atoms with Crippen molar-refractivity contribution in [2.24, 2.45) is 0 Å². The fourth-order valence-electron chi connectivity index (χ4n) is 4.58. The summed E-state index contributed by atoms with van der Waals surface area (Å²) in [5.41, 5.74) is 2.10. The summed E-state index contributed by atoms with van der Waals surface area (Å²) in [5.74, 6) is -0.924. The van der Waals surface area contributed by atoms with E-state index in [2.05, 4.69) is 10.6 Å². The van der Waals surface area contributed by atoms with Crippen LogP contribution in [0, 0.1) is 18.6 Å². The fraction of sp³-hybridized carbons (Fsp3) is 0.219. The van der Waals surface area contributed by atoms with Crippen LogP contribution in [0.3, 0.4) is 0 Å². The largest absolute Gasteiger partial charge is 0.493 e. The molecule has 0 saturated carbocycles. The van der Waals surface area contributed by atoms with E-state index in [-0.39, 0.29) is 48.0 Å². The topological polar surface area (TPSA) is 97.0 Å². The number of anilines is 1. The molecule has 0 aliphatic rings. The standard InChI is InChI=1S/C32H33F2N3O5S/c1-22-12-14-29(24(18-22)19-26-27(33)10-7-11-28(26)34)37(17-16-35-32(38)36-21-23-8-5-4-6-9-23)43(39,40)25-13-15-30(41-2)31(20-25)42-3/h4-15,18,20H,16-17,19,21H2,1-3H3,(H2,35,36,38). The van der Waals surface area contributed by atoms with E-state index in [4.69, 9.17) is 9.47 Å². The van der Waals surface area contributed by atoms with Gasteiger partial charge in [0.05, 0.1) is 31.3 Å². The molecule has 0 heterocycles. The maximum absolute atomic E-state index is 14.7. The average molecular weight is 610 g/mol. The summed E-state index contributed by atoms with van der Waals surface area (Å²) in [6.07, 6.45) is -0.196. The van der Waals surface area contributed by atoms with Crippen molar-refractivity contribution in [1.29, 1.82) is 0 Å². The second kappa shape index (κ2) is 14.0. The molecule has 4 rings (SSSR count). The molecule has 0 spiro atoms.